The minimum Gasteiger partial charge on any atom is -0.380 e. The molecule has 0 amide bonds. The van der Waals surface area contributed by atoms with E-state index in [1.54, 1.807) is 11.8 Å². The zero-order chi connectivity index (χ0) is 12.1. The summed E-state index contributed by atoms with van der Waals surface area (Å²) in [4.78, 5) is 5.56. The maximum atomic E-state index is 4.29. The van der Waals surface area contributed by atoms with E-state index in [0.717, 1.165) is 12.2 Å². The maximum absolute atomic E-state index is 4.29. The molecule has 2 nitrogen and oxygen atoms in total. The molecular weight excluding hydrogens is 228 g/mol. The Hall–Kier alpha value is -1.48. The van der Waals surface area contributed by atoms with Gasteiger partial charge in [0, 0.05) is 29.0 Å². The van der Waals surface area contributed by atoms with E-state index < -0.39 is 0 Å². The number of benzene rings is 1. The number of aromatic nitrogens is 1. The SMILES string of the molecule is CSc1ccccc1NCc1ccc(C)nc1. The van der Waals surface area contributed by atoms with Gasteiger partial charge in [0.25, 0.3) is 0 Å². The molecule has 0 fully saturated rings. The second-order valence-corrected chi connectivity index (χ2v) is 4.71. The maximum Gasteiger partial charge on any atom is 0.0480 e. The number of thioether (sulfide) groups is 1. The van der Waals surface area contributed by atoms with Gasteiger partial charge in [-0.1, -0.05) is 18.2 Å². The third-order valence-corrected chi connectivity index (χ3v) is 3.36. The Bertz CT molecular complexity index is 480. The first-order chi connectivity index (χ1) is 8.29. The molecule has 0 unspecified atom stereocenters. The summed E-state index contributed by atoms with van der Waals surface area (Å²) in [7, 11) is 0. The van der Waals surface area contributed by atoms with Crippen LogP contribution in [0.2, 0.25) is 0 Å². The summed E-state index contributed by atoms with van der Waals surface area (Å²) in [5, 5.41) is 3.44. The number of hydrogen-bond donors (Lipinski definition) is 1. The van der Waals surface area contributed by atoms with Gasteiger partial charge in [-0.2, -0.15) is 0 Å². The summed E-state index contributed by atoms with van der Waals surface area (Å²) >= 11 is 1.75. The second kappa shape index (κ2) is 5.73. The van der Waals surface area contributed by atoms with Crippen LogP contribution in [0.3, 0.4) is 0 Å². The van der Waals surface area contributed by atoms with Crippen molar-refractivity contribution in [2.75, 3.05) is 11.6 Å². The van der Waals surface area contributed by atoms with Crippen LogP contribution in [0.15, 0.2) is 47.5 Å². The van der Waals surface area contributed by atoms with E-state index in [-0.39, 0.29) is 0 Å². The highest BCUT2D eigenvalue weighted by Crippen LogP contribution is 2.24. The van der Waals surface area contributed by atoms with Crippen LogP contribution in [0.4, 0.5) is 5.69 Å². The average Bonchev–Trinajstić information content (AvgIpc) is 2.38. The fourth-order valence-electron chi connectivity index (χ4n) is 1.59. The predicted octanol–water partition coefficient (Wildman–Crippen LogP) is 3.72. The number of aryl methyl sites for hydroxylation is 1. The van der Waals surface area contributed by atoms with Crippen LogP contribution in [0.25, 0.3) is 0 Å². The van der Waals surface area contributed by atoms with Crippen LogP contribution >= 0.6 is 11.8 Å². The number of pyridine rings is 1. The highest BCUT2D eigenvalue weighted by Gasteiger charge is 1.99. The van der Waals surface area contributed by atoms with Crippen molar-refractivity contribution in [2.45, 2.75) is 18.4 Å². The van der Waals surface area contributed by atoms with Gasteiger partial charge in [0.2, 0.25) is 0 Å². The molecule has 0 atom stereocenters. The van der Waals surface area contributed by atoms with Crippen LogP contribution < -0.4 is 5.32 Å². The first kappa shape index (κ1) is 12.0. The zero-order valence-electron chi connectivity index (χ0n) is 10.1. The molecule has 0 bridgehead atoms. The van der Waals surface area contributed by atoms with Gasteiger partial charge in [-0.3, -0.25) is 4.98 Å². The van der Waals surface area contributed by atoms with Gasteiger partial charge in [-0.15, -0.1) is 11.8 Å². The lowest BCUT2D eigenvalue weighted by atomic mass is 10.2. The Morgan fingerprint density at radius 1 is 1.18 bits per heavy atom. The predicted molar refractivity (Wildman–Crippen MR) is 74.5 cm³/mol. The number of nitrogens with zero attached hydrogens (tertiary/aromatic N) is 1. The molecule has 1 aromatic carbocycles. The minimum absolute atomic E-state index is 0.810. The Morgan fingerprint density at radius 2 is 2.00 bits per heavy atom. The second-order valence-electron chi connectivity index (χ2n) is 3.86. The monoisotopic (exact) mass is 244 g/mol. The van der Waals surface area contributed by atoms with Gasteiger partial charge in [-0.05, 0) is 36.9 Å². The summed E-state index contributed by atoms with van der Waals surface area (Å²) in [6.45, 7) is 2.81. The molecule has 0 aliphatic heterocycles. The molecule has 0 aliphatic rings. The molecule has 1 N–H and O–H groups in total. The number of nitrogens with one attached hydrogen (secondary N) is 1. The molecule has 0 aliphatic carbocycles. The third-order valence-electron chi connectivity index (χ3n) is 2.56. The van der Waals surface area contributed by atoms with E-state index in [9.17, 15) is 0 Å². The molecule has 88 valence electrons. The standard InChI is InChI=1S/C14H16N2S/c1-11-7-8-12(9-15-11)10-16-13-5-3-4-6-14(13)17-2/h3-9,16H,10H2,1-2H3. The molecule has 2 rings (SSSR count). The van der Waals surface area contributed by atoms with Crippen molar-refractivity contribution in [3.8, 4) is 0 Å². The molecule has 2 aromatic rings. The number of hydrogen-bond acceptors (Lipinski definition) is 3. The Morgan fingerprint density at radius 3 is 2.71 bits per heavy atom. The number of rotatable bonds is 4. The number of anilines is 1. The summed E-state index contributed by atoms with van der Waals surface area (Å²) in [6.07, 6.45) is 4.01. The molecule has 0 radical (unpaired) electrons. The lowest BCUT2D eigenvalue weighted by Crippen LogP contribution is -2.01. The van der Waals surface area contributed by atoms with Gasteiger partial charge < -0.3 is 5.32 Å². The highest BCUT2D eigenvalue weighted by atomic mass is 32.2. The molecule has 3 heteroatoms. The average molecular weight is 244 g/mol. The van der Waals surface area contributed by atoms with Crippen LogP contribution in [0, 0.1) is 6.92 Å². The van der Waals surface area contributed by atoms with Crippen LogP contribution in [-0.4, -0.2) is 11.2 Å². The molecule has 0 saturated carbocycles. The number of para-hydroxylation sites is 1. The fraction of sp³-hybridized carbons (Fsp3) is 0.214. The topological polar surface area (TPSA) is 24.9 Å². The molecular formula is C14H16N2S. The van der Waals surface area contributed by atoms with Crippen molar-refractivity contribution in [1.29, 1.82) is 0 Å². The van der Waals surface area contributed by atoms with Gasteiger partial charge in [-0.25, -0.2) is 0 Å². The zero-order valence-corrected chi connectivity index (χ0v) is 10.9. The van der Waals surface area contributed by atoms with E-state index in [1.807, 2.05) is 19.2 Å². The Kier molecular flexibility index (Phi) is 4.04. The summed E-state index contributed by atoms with van der Waals surface area (Å²) in [5.41, 5.74) is 3.44. The highest BCUT2D eigenvalue weighted by molar-refractivity contribution is 7.98. The molecule has 0 saturated heterocycles. The van der Waals surface area contributed by atoms with Gasteiger partial charge in [0.05, 0.1) is 0 Å². The quantitative estimate of drug-likeness (QED) is 0.830. The summed E-state index contributed by atoms with van der Waals surface area (Å²) < 4.78 is 0. The van der Waals surface area contributed by atoms with Crippen molar-refractivity contribution in [2.24, 2.45) is 0 Å². The first-order valence-corrected chi connectivity index (χ1v) is 6.80. The van der Waals surface area contributed by atoms with E-state index >= 15 is 0 Å². The van der Waals surface area contributed by atoms with Crippen molar-refractivity contribution in [3.63, 3.8) is 0 Å². The van der Waals surface area contributed by atoms with E-state index in [4.69, 9.17) is 0 Å². The van der Waals surface area contributed by atoms with Crippen molar-refractivity contribution in [3.05, 3.63) is 53.9 Å². The molecule has 17 heavy (non-hydrogen) atoms. The van der Waals surface area contributed by atoms with Gasteiger partial charge >= 0.3 is 0 Å². The minimum atomic E-state index is 0.810. The van der Waals surface area contributed by atoms with Crippen molar-refractivity contribution >= 4 is 17.4 Å². The van der Waals surface area contributed by atoms with E-state index in [1.165, 1.54) is 16.1 Å². The van der Waals surface area contributed by atoms with Crippen molar-refractivity contribution < 1.29 is 0 Å². The smallest absolute Gasteiger partial charge is 0.0480 e. The largest absolute Gasteiger partial charge is 0.380 e. The molecule has 1 aromatic heterocycles. The van der Waals surface area contributed by atoms with Crippen LogP contribution in [0.1, 0.15) is 11.3 Å². The van der Waals surface area contributed by atoms with Gasteiger partial charge in [0.1, 0.15) is 0 Å². The first-order valence-electron chi connectivity index (χ1n) is 5.58. The van der Waals surface area contributed by atoms with Crippen LogP contribution in [-0.2, 0) is 6.54 Å². The lowest BCUT2D eigenvalue weighted by Gasteiger charge is -2.10. The van der Waals surface area contributed by atoms with Crippen LogP contribution in [0.5, 0.6) is 0 Å². The molecule has 0 spiro atoms. The van der Waals surface area contributed by atoms with Gasteiger partial charge in [0.15, 0.2) is 0 Å². The summed E-state index contributed by atoms with van der Waals surface area (Å²) in [5.74, 6) is 0. The fourth-order valence-corrected chi connectivity index (χ4v) is 2.17. The van der Waals surface area contributed by atoms with Crippen molar-refractivity contribution in [1.82, 2.24) is 4.98 Å². The molecule has 1 heterocycles. The normalized spacial score (nSPS) is 10.2. The summed E-state index contributed by atoms with van der Waals surface area (Å²) in [6, 6.07) is 12.5. The lowest BCUT2D eigenvalue weighted by molar-refractivity contribution is 1.08. The Labute approximate surface area is 106 Å². The Balaban J connectivity index is 2.04. The third kappa shape index (κ3) is 3.24. The van der Waals surface area contributed by atoms with E-state index in [0.29, 0.717) is 0 Å². The van der Waals surface area contributed by atoms with E-state index in [2.05, 4.69) is 46.9 Å².